The Bertz CT molecular complexity index is 599. The highest BCUT2D eigenvalue weighted by Crippen LogP contribution is 2.06. The summed E-state index contributed by atoms with van der Waals surface area (Å²) in [5, 5.41) is 2.87. The zero-order valence-corrected chi connectivity index (χ0v) is 13.1. The Hall–Kier alpha value is -2.43. The number of aryl methyl sites for hydroxylation is 1. The lowest BCUT2D eigenvalue weighted by molar-refractivity contribution is -0.121. The minimum Gasteiger partial charge on any atom is -0.363 e. The Labute approximate surface area is 131 Å². The molecule has 0 radical (unpaired) electrons. The van der Waals surface area contributed by atoms with E-state index in [0.717, 1.165) is 18.7 Å². The van der Waals surface area contributed by atoms with Crippen molar-refractivity contribution in [3.05, 3.63) is 54.0 Å². The van der Waals surface area contributed by atoms with Gasteiger partial charge in [-0.2, -0.15) is 0 Å². The van der Waals surface area contributed by atoms with E-state index < -0.39 is 0 Å². The summed E-state index contributed by atoms with van der Waals surface area (Å²) in [6, 6.07) is 12.0. The third-order valence-corrected chi connectivity index (χ3v) is 3.30. The van der Waals surface area contributed by atoms with E-state index >= 15 is 0 Å². The number of amides is 1. The largest absolute Gasteiger partial charge is 0.363 e. The lowest BCUT2D eigenvalue weighted by Gasteiger charge is -2.11. The maximum Gasteiger partial charge on any atom is 0.220 e. The van der Waals surface area contributed by atoms with Crippen molar-refractivity contribution in [3.8, 4) is 0 Å². The molecular weight excluding hydrogens is 276 g/mol. The van der Waals surface area contributed by atoms with Crippen molar-refractivity contribution in [2.75, 3.05) is 19.0 Å². The average molecular weight is 298 g/mol. The summed E-state index contributed by atoms with van der Waals surface area (Å²) in [5.74, 6) is 1.50. The number of hydrogen-bond acceptors (Lipinski definition) is 4. The minimum absolute atomic E-state index is 0.0368. The van der Waals surface area contributed by atoms with Gasteiger partial charge in [-0.05, 0) is 24.5 Å². The van der Waals surface area contributed by atoms with Gasteiger partial charge in [0, 0.05) is 26.7 Å². The zero-order chi connectivity index (χ0) is 15.8. The fourth-order valence-electron chi connectivity index (χ4n) is 2.09. The Morgan fingerprint density at radius 3 is 2.68 bits per heavy atom. The molecule has 0 aliphatic carbocycles. The fraction of sp³-hybridized carbons (Fsp3) is 0.353. The van der Waals surface area contributed by atoms with Gasteiger partial charge >= 0.3 is 0 Å². The van der Waals surface area contributed by atoms with Crippen LogP contribution in [0.2, 0.25) is 0 Å². The number of benzene rings is 1. The number of nitrogens with one attached hydrogen (secondary N) is 1. The first-order chi connectivity index (χ1) is 10.6. The second kappa shape index (κ2) is 8.12. The van der Waals surface area contributed by atoms with Gasteiger partial charge in [-0.15, -0.1) is 0 Å². The first kappa shape index (κ1) is 15.9. The van der Waals surface area contributed by atoms with Crippen LogP contribution >= 0.6 is 0 Å². The van der Waals surface area contributed by atoms with Crippen LogP contribution in [-0.2, 0) is 17.8 Å². The molecule has 1 aromatic heterocycles. The molecule has 0 bridgehead atoms. The van der Waals surface area contributed by atoms with Crippen molar-refractivity contribution >= 4 is 11.7 Å². The van der Waals surface area contributed by atoms with Gasteiger partial charge in [-0.25, -0.2) is 9.97 Å². The van der Waals surface area contributed by atoms with Crippen molar-refractivity contribution in [3.63, 3.8) is 0 Å². The van der Waals surface area contributed by atoms with Crippen molar-refractivity contribution < 1.29 is 4.79 Å². The van der Waals surface area contributed by atoms with E-state index in [1.54, 1.807) is 6.20 Å². The van der Waals surface area contributed by atoms with Crippen LogP contribution < -0.4 is 10.2 Å². The maximum absolute atomic E-state index is 11.8. The van der Waals surface area contributed by atoms with Gasteiger partial charge in [-0.3, -0.25) is 4.79 Å². The monoisotopic (exact) mass is 298 g/mol. The van der Waals surface area contributed by atoms with Crippen molar-refractivity contribution in [1.29, 1.82) is 0 Å². The molecule has 0 aliphatic heterocycles. The van der Waals surface area contributed by atoms with E-state index in [2.05, 4.69) is 27.4 Å². The van der Waals surface area contributed by atoms with Gasteiger partial charge in [0.05, 0.1) is 6.54 Å². The van der Waals surface area contributed by atoms with Crippen LogP contribution in [0, 0.1) is 0 Å². The normalized spacial score (nSPS) is 10.3. The molecule has 5 heteroatoms. The standard InChI is InChI=1S/C17H22N4O/c1-21(2)16-11-12-18-15(20-16)13-19-17(22)10-6-9-14-7-4-3-5-8-14/h3-5,7-8,11-12H,6,9-10,13H2,1-2H3,(H,19,22). The molecule has 0 fully saturated rings. The summed E-state index contributed by atoms with van der Waals surface area (Å²) in [5.41, 5.74) is 1.26. The highest BCUT2D eigenvalue weighted by Gasteiger charge is 2.05. The molecule has 0 atom stereocenters. The summed E-state index contributed by atoms with van der Waals surface area (Å²) >= 11 is 0. The highest BCUT2D eigenvalue weighted by molar-refractivity contribution is 5.75. The van der Waals surface area contributed by atoms with Gasteiger partial charge in [0.2, 0.25) is 5.91 Å². The average Bonchev–Trinajstić information content (AvgIpc) is 2.54. The molecule has 1 heterocycles. The van der Waals surface area contributed by atoms with Crippen LogP contribution in [0.4, 0.5) is 5.82 Å². The fourth-order valence-corrected chi connectivity index (χ4v) is 2.09. The number of aromatic nitrogens is 2. The Balaban J connectivity index is 1.72. The van der Waals surface area contributed by atoms with Crippen molar-refractivity contribution in [1.82, 2.24) is 15.3 Å². The Morgan fingerprint density at radius 1 is 1.18 bits per heavy atom. The summed E-state index contributed by atoms with van der Waals surface area (Å²) in [7, 11) is 3.85. The second-order valence-corrected chi connectivity index (χ2v) is 5.34. The first-order valence-electron chi connectivity index (χ1n) is 7.45. The SMILES string of the molecule is CN(C)c1ccnc(CNC(=O)CCCc2ccccc2)n1. The van der Waals surface area contributed by atoms with Gasteiger partial charge in [0.1, 0.15) is 11.6 Å². The van der Waals surface area contributed by atoms with Crippen LogP contribution in [0.25, 0.3) is 0 Å². The Morgan fingerprint density at radius 2 is 1.95 bits per heavy atom. The highest BCUT2D eigenvalue weighted by atomic mass is 16.1. The van der Waals surface area contributed by atoms with Crippen LogP contribution in [-0.4, -0.2) is 30.0 Å². The van der Waals surface area contributed by atoms with Crippen LogP contribution in [0.1, 0.15) is 24.2 Å². The summed E-state index contributed by atoms with van der Waals surface area (Å²) in [6.45, 7) is 0.367. The van der Waals surface area contributed by atoms with Gasteiger partial charge in [-0.1, -0.05) is 30.3 Å². The van der Waals surface area contributed by atoms with Crippen LogP contribution in [0.5, 0.6) is 0 Å². The maximum atomic E-state index is 11.8. The lowest BCUT2D eigenvalue weighted by atomic mass is 10.1. The van der Waals surface area contributed by atoms with E-state index in [-0.39, 0.29) is 5.91 Å². The summed E-state index contributed by atoms with van der Waals surface area (Å²) in [6.07, 6.45) is 3.98. The van der Waals surface area contributed by atoms with E-state index in [0.29, 0.717) is 18.8 Å². The molecule has 0 spiro atoms. The van der Waals surface area contributed by atoms with Gasteiger partial charge in [0.25, 0.3) is 0 Å². The summed E-state index contributed by atoms with van der Waals surface area (Å²) in [4.78, 5) is 22.3. The third kappa shape index (κ3) is 5.16. The van der Waals surface area contributed by atoms with E-state index in [9.17, 15) is 4.79 Å². The predicted molar refractivity (Wildman–Crippen MR) is 87.6 cm³/mol. The molecule has 2 aromatic rings. The quantitative estimate of drug-likeness (QED) is 0.851. The van der Waals surface area contributed by atoms with Crippen LogP contribution in [0.3, 0.4) is 0 Å². The molecule has 0 unspecified atom stereocenters. The van der Waals surface area contributed by atoms with Crippen molar-refractivity contribution in [2.24, 2.45) is 0 Å². The molecule has 5 nitrogen and oxygen atoms in total. The summed E-state index contributed by atoms with van der Waals surface area (Å²) < 4.78 is 0. The lowest BCUT2D eigenvalue weighted by Crippen LogP contribution is -2.24. The number of hydrogen-bond donors (Lipinski definition) is 1. The molecule has 2 rings (SSSR count). The third-order valence-electron chi connectivity index (χ3n) is 3.30. The first-order valence-corrected chi connectivity index (χ1v) is 7.45. The molecule has 0 saturated carbocycles. The molecule has 22 heavy (non-hydrogen) atoms. The number of carbonyl (C=O) groups is 1. The molecule has 1 N–H and O–H groups in total. The number of rotatable bonds is 7. The molecule has 116 valence electrons. The molecular formula is C17H22N4O. The molecule has 0 aliphatic rings. The van der Waals surface area contributed by atoms with Gasteiger partial charge in [0.15, 0.2) is 0 Å². The topological polar surface area (TPSA) is 58.1 Å². The molecule has 0 saturated heterocycles. The van der Waals surface area contributed by atoms with E-state index in [4.69, 9.17) is 0 Å². The number of carbonyl (C=O) groups excluding carboxylic acids is 1. The zero-order valence-electron chi connectivity index (χ0n) is 13.1. The van der Waals surface area contributed by atoms with E-state index in [1.807, 2.05) is 43.3 Å². The minimum atomic E-state index is 0.0368. The molecule has 1 aromatic carbocycles. The van der Waals surface area contributed by atoms with Crippen LogP contribution in [0.15, 0.2) is 42.6 Å². The number of anilines is 1. The van der Waals surface area contributed by atoms with Gasteiger partial charge < -0.3 is 10.2 Å². The smallest absolute Gasteiger partial charge is 0.220 e. The molecule has 1 amide bonds. The predicted octanol–water partition coefficient (Wildman–Crippen LogP) is 2.18. The van der Waals surface area contributed by atoms with Crippen molar-refractivity contribution in [2.45, 2.75) is 25.8 Å². The van der Waals surface area contributed by atoms with E-state index in [1.165, 1.54) is 5.56 Å². The Kier molecular flexibility index (Phi) is 5.89. The number of nitrogens with zero attached hydrogens (tertiary/aromatic N) is 3. The second-order valence-electron chi connectivity index (χ2n) is 5.34.